The molecule has 0 bridgehead atoms. The van der Waals surface area contributed by atoms with Crippen LogP contribution >= 0.6 is 0 Å². The lowest BCUT2D eigenvalue weighted by Gasteiger charge is -2.24. The van der Waals surface area contributed by atoms with E-state index >= 15 is 0 Å². The van der Waals surface area contributed by atoms with Gasteiger partial charge in [-0.05, 0) is 44.2 Å². The molecule has 0 saturated carbocycles. The van der Waals surface area contributed by atoms with Crippen molar-refractivity contribution < 1.29 is 9.59 Å². The van der Waals surface area contributed by atoms with E-state index in [-0.39, 0.29) is 17.9 Å². The van der Waals surface area contributed by atoms with E-state index in [9.17, 15) is 9.59 Å². The first-order chi connectivity index (χ1) is 10.0. The van der Waals surface area contributed by atoms with Gasteiger partial charge in [0.25, 0.3) is 11.8 Å². The Labute approximate surface area is 125 Å². The van der Waals surface area contributed by atoms with E-state index in [0.29, 0.717) is 11.1 Å². The molecule has 2 amide bonds. The highest BCUT2D eigenvalue weighted by Crippen LogP contribution is 2.20. The van der Waals surface area contributed by atoms with E-state index in [1.54, 1.807) is 38.4 Å². The number of likely N-dealkylation sites (tertiary alicyclic amines) is 1. The van der Waals surface area contributed by atoms with Crippen molar-refractivity contribution in [2.45, 2.75) is 18.9 Å². The molecule has 1 saturated heterocycles. The number of hydrogen-bond donors (Lipinski definition) is 1. The molecule has 2 rings (SSSR count). The third-order valence-corrected chi connectivity index (χ3v) is 3.86. The van der Waals surface area contributed by atoms with Gasteiger partial charge in [0.15, 0.2) is 0 Å². The van der Waals surface area contributed by atoms with Crippen molar-refractivity contribution >= 4 is 11.8 Å². The van der Waals surface area contributed by atoms with Gasteiger partial charge in [0.2, 0.25) is 0 Å². The minimum atomic E-state index is -0.0526. The van der Waals surface area contributed by atoms with E-state index in [4.69, 9.17) is 0 Å². The lowest BCUT2D eigenvalue weighted by molar-refractivity contribution is 0.0735. The Morgan fingerprint density at radius 3 is 2.43 bits per heavy atom. The third-order valence-electron chi connectivity index (χ3n) is 3.86. The maximum Gasteiger partial charge on any atom is 0.254 e. The molecular weight excluding hydrogens is 266 g/mol. The Balaban J connectivity index is 2.11. The van der Waals surface area contributed by atoms with Gasteiger partial charge >= 0.3 is 0 Å². The third kappa shape index (κ3) is 3.42. The van der Waals surface area contributed by atoms with Gasteiger partial charge in [0.05, 0.1) is 0 Å². The molecule has 1 atom stereocenters. The summed E-state index contributed by atoms with van der Waals surface area (Å²) in [5.41, 5.74) is 1.25. The molecule has 0 aromatic heterocycles. The summed E-state index contributed by atoms with van der Waals surface area (Å²) in [4.78, 5) is 27.8. The van der Waals surface area contributed by atoms with Gasteiger partial charge in [-0.2, -0.15) is 0 Å². The van der Waals surface area contributed by atoms with Crippen LogP contribution in [0.3, 0.4) is 0 Å². The summed E-state index contributed by atoms with van der Waals surface area (Å²) in [5, 5.41) is 3.14. The zero-order valence-corrected chi connectivity index (χ0v) is 12.9. The van der Waals surface area contributed by atoms with Gasteiger partial charge in [-0.25, -0.2) is 0 Å². The minimum Gasteiger partial charge on any atom is -0.345 e. The van der Waals surface area contributed by atoms with Crippen molar-refractivity contribution in [3.63, 3.8) is 0 Å². The number of nitrogens with zero attached hydrogens (tertiary/aromatic N) is 2. The molecule has 0 spiro atoms. The van der Waals surface area contributed by atoms with Crippen molar-refractivity contribution in [3.05, 3.63) is 35.4 Å². The molecular formula is C16H23N3O2. The Morgan fingerprint density at radius 2 is 1.86 bits per heavy atom. The van der Waals surface area contributed by atoms with Gasteiger partial charge in [0.1, 0.15) is 0 Å². The number of amides is 2. The summed E-state index contributed by atoms with van der Waals surface area (Å²) in [6.07, 6.45) is 2.10. The maximum atomic E-state index is 12.6. The number of rotatable bonds is 4. The normalized spacial score (nSPS) is 17.9. The number of carbonyl (C=O) groups excluding carboxylic acids is 2. The first kappa shape index (κ1) is 15.5. The summed E-state index contributed by atoms with van der Waals surface area (Å²) < 4.78 is 0. The number of hydrogen-bond acceptors (Lipinski definition) is 3. The molecule has 1 aliphatic rings. The van der Waals surface area contributed by atoms with Crippen LogP contribution in [0.5, 0.6) is 0 Å². The largest absolute Gasteiger partial charge is 0.345 e. The summed E-state index contributed by atoms with van der Waals surface area (Å²) >= 11 is 0. The topological polar surface area (TPSA) is 52.7 Å². The Kier molecular flexibility index (Phi) is 4.96. The summed E-state index contributed by atoms with van der Waals surface area (Å²) in [6.45, 7) is 1.63. The minimum absolute atomic E-state index is 0.0524. The predicted molar refractivity (Wildman–Crippen MR) is 82.4 cm³/mol. The quantitative estimate of drug-likeness (QED) is 0.906. The zero-order chi connectivity index (χ0) is 15.4. The molecule has 1 N–H and O–H groups in total. The highest BCUT2D eigenvalue weighted by atomic mass is 16.2. The van der Waals surface area contributed by atoms with Gasteiger partial charge in [-0.3, -0.25) is 9.59 Å². The molecule has 21 heavy (non-hydrogen) atoms. The second-order valence-corrected chi connectivity index (χ2v) is 5.63. The van der Waals surface area contributed by atoms with Crippen LogP contribution in [0.4, 0.5) is 0 Å². The number of benzene rings is 1. The highest BCUT2D eigenvalue weighted by Gasteiger charge is 2.28. The fourth-order valence-corrected chi connectivity index (χ4v) is 2.73. The van der Waals surface area contributed by atoms with Crippen molar-refractivity contribution in [3.8, 4) is 0 Å². The van der Waals surface area contributed by atoms with Crippen LogP contribution < -0.4 is 5.32 Å². The molecule has 5 heteroatoms. The molecule has 114 valence electrons. The fourth-order valence-electron chi connectivity index (χ4n) is 2.73. The SMILES string of the molecule is CNCC1CCCN1C(=O)c1ccc(C(=O)N(C)C)cc1. The van der Waals surface area contributed by atoms with Crippen molar-refractivity contribution in [2.75, 3.05) is 34.2 Å². The zero-order valence-electron chi connectivity index (χ0n) is 12.9. The van der Waals surface area contributed by atoms with Crippen molar-refractivity contribution in [1.29, 1.82) is 0 Å². The summed E-state index contributed by atoms with van der Waals surface area (Å²) in [6, 6.07) is 7.20. The Hall–Kier alpha value is -1.88. The van der Waals surface area contributed by atoms with Gasteiger partial charge in [0, 0.05) is 44.4 Å². The second kappa shape index (κ2) is 6.72. The van der Waals surface area contributed by atoms with E-state index in [1.807, 2.05) is 11.9 Å². The molecule has 1 unspecified atom stereocenters. The molecule has 0 aliphatic carbocycles. The van der Waals surface area contributed by atoms with Crippen LogP contribution in [0.15, 0.2) is 24.3 Å². The molecule has 1 aromatic rings. The monoisotopic (exact) mass is 289 g/mol. The van der Waals surface area contributed by atoms with Crippen molar-refractivity contribution in [1.82, 2.24) is 15.1 Å². The molecule has 5 nitrogen and oxygen atoms in total. The van der Waals surface area contributed by atoms with Crippen LogP contribution in [0.2, 0.25) is 0 Å². The number of carbonyl (C=O) groups is 2. The van der Waals surface area contributed by atoms with Crippen LogP contribution in [-0.2, 0) is 0 Å². The van der Waals surface area contributed by atoms with Gasteiger partial charge in [-0.15, -0.1) is 0 Å². The number of nitrogens with one attached hydrogen (secondary N) is 1. The standard InChI is InChI=1S/C16H23N3O2/c1-17-11-14-5-4-10-19(14)16(21)13-8-6-12(7-9-13)15(20)18(2)3/h6-9,14,17H,4-5,10-11H2,1-3H3. The predicted octanol–water partition coefficient (Wildman–Crippen LogP) is 1.21. The van der Waals surface area contributed by atoms with E-state index in [1.165, 1.54) is 4.90 Å². The van der Waals surface area contributed by atoms with Crippen LogP contribution in [0, 0.1) is 0 Å². The van der Waals surface area contributed by atoms with Crippen LogP contribution in [0.25, 0.3) is 0 Å². The van der Waals surface area contributed by atoms with E-state index in [0.717, 1.165) is 25.9 Å². The van der Waals surface area contributed by atoms with Crippen LogP contribution in [-0.4, -0.2) is 61.9 Å². The fraction of sp³-hybridized carbons (Fsp3) is 0.500. The smallest absolute Gasteiger partial charge is 0.254 e. The van der Waals surface area contributed by atoms with Gasteiger partial charge < -0.3 is 15.1 Å². The van der Waals surface area contributed by atoms with E-state index < -0.39 is 0 Å². The molecule has 1 heterocycles. The Morgan fingerprint density at radius 1 is 1.24 bits per heavy atom. The maximum absolute atomic E-state index is 12.6. The van der Waals surface area contributed by atoms with E-state index in [2.05, 4.69) is 5.32 Å². The average molecular weight is 289 g/mol. The second-order valence-electron chi connectivity index (χ2n) is 5.63. The van der Waals surface area contributed by atoms with Gasteiger partial charge in [-0.1, -0.05) is 0 Å². The molecule has 1 fully saturated rings. The summed E-state index contributed by atoms with van der Waals surface area (Å²) in [7, 11) is 5.34. The average Bonchev–Trinajstić information content (AvgIpc) is 2.94. The Bertz CT molecular complexity index is 511. The van der Waals surface area contributed by atoms with Crippen molar-refractivity contribution in [2.24, 2.45) is 0 Å². The molecule has 1 aromatic carbocycles. The highest BCUT2D eigenvalue weighted by molar-refractivity contribution is 5.97. The molecule has 0 radical (unpaired) electrons. The first-order valence-electron chi connectivity index (χ1n) is 7.32. The van der Waals surface area contributed by atoms with Crippen LogP contribution in [0.1, 0.15) is 33.6 Å². The molecule has 1 aliphatic heterocycles. The lowest BCUT2D eigenvalue weighted by Crippen LogP contribution is -2.40. The summed E-state index contributed by atoms with van der Waals surface area (Å²) in [5.74, 6) is -0.000155. The number of likely N-dealkylation sites (N-methyl/N-ethyl adjacent to an activating group) is 1. The first-order valence-corrected chi connectivity index (χ1v) is 7.32. The lowest BCUT2D eigenvalue weighted by atomic mass is 10.1.